The van der Waals surface area contributed by atoms with E-state index in [2.05, 4.69) is 261 Å². The molecule has 0 spiro atoms. The lowest BCUT2D eigenvalue weighted by Gasteiger charge is -2.28. The second-order valence-corrected chi connectivity index (χ2v) is 24.3. The zero-order valence-corrected chi connectivity index (χ0v) is 46.8. The van der Waals surface area contributed by atoms with Crippen molar-refractivity contribution in [1.82, 2.24) is 0 Å². The Kier molecular flexibility index (Phi) is 10.3. The number of anilines is 6. The van der Waals surface area contributed by atoms with Crippen molar-refractivity contribution in [1.29, 1.82) is 0 Å². The average molecular weight is 1040 g/mol. The fraction of sp³-hybridized carbons (Fsp3) is 0.162. The van der Waals surface area contributed by atoms with Gasteiger partial charge < -0.3 is 27.5 Å². The molecular formula is C74H60N2O4. The monoisotopic (exact) mass is 1040 g/mol. The van der Waals surface area contributed by atoms with Crippen LogP contribution in [0.1, 0.15) is 74.9 Å². The summed E-state index contributed by atoms with van der Waals surface area (Å²) in [5.74, 6) is 0. The summed E-state index contributed by atoms with van der Waals surface area (Å²) in [6.45, 7) is 22.2. The molecule has 0 saturated carbocycles. The lowest BCUT2D eigenvalue weighted by Crippen LogP contribution is -2.13. The second-order valence-electron chi connectivity index (χ2n) is 24.3. The van der Waals surface area contributed by atoms with Crippen molar-refractivity contribution >= 4 is 143 Å². The molecule has 0 fully saturated rings. The summed E-state index contributed by atoms with van der Waals surface area (Å²) in [5, 5.41) is 13.1. The van der Waals surface area contributed by atoms with Crippen LogP contribution in [-0.2, 0) is 10.8 Å². The van der Waals surface area contributed by atoms with Gasteiger partial charge in [0.2, 0.25) is 0 Å². The first-order valence-corrected chi connectivity index (χ1v) is 27.9. The highest BCUT2D eigenvalue weighted by atomic mass is 16.3. The van der Waals surface area contributed by atoms with Gasteiger partial charge in [0.1, 0.15) is 33.5 Å². The highest BCUT2D eigenvalue weighted by molar-refractivity contribution is 6.21. The number of aryl methyl sites for hydroxylation is 4. The Labute approximate surface area is 464 Å². The molecule has 0 amide bonds. The van der Waals surface area contributed by atoms with Gasteiger partial charge in [-0.05, 0) is 150 Å². The van der Waals surface area contributed by atoms with E-state index in [4.69, 9.17) is 17.7 Å². The first-order valence-electron chi connectivity index (χ1n) is 27.9. The fourth-order valence-corrected chi connectivity index (χ4v) is 12.9. The quantitative estimate of drug-likeness (QED) is 0.165. The topological polar surface area (TPSA) is 59.0 Å². The molecule has 15 aromatic rings. The molecule has 15 rings (SSSR count). The molecule has 0 atom stereocenters. The zero-order valence-electron chi connectivity index (χ0n) is 46.8. The molecule has 0 unspecified atom stereocenters. The van der Waals surface area contributed by atoms with Crippen molar-refractivity contribution in [3.63, 3.8) is 0 Å². The standard InChI is InChI=1S/C74H60N2O4/c1-41-18-11-13-25-60(41)75(62-27-17-22-53-51-20-15-23-58(73(5,6)7)69(51)79-71(53)62)49-31-29-45-36-55-56-40-65-66(44(4)68(56)78-63(55)38-47(45)34-49)57-37-46-30-32-50(35-48(46)39-64(57)77-65)76(61-26-14-12-19-42(61)2)67-43(3)28-33-54-52-21-16-24-59(74(8,9)10)70(52)80-72(54)67/h11-40H,1-10H3. The van der Waals surface area contributed by atoms with Crippen molar-refractivity contribution in [3.05, 3.63) is 215 Å². The number of furan rings is 4. The van der Waals surface area contributed by atoms with E-state index in [-0.39, 0.29) is 10.8 Å². The molecule has 80 heavy (non-hydrogen) atoms. The van der Waals surface area contributed by atoms with Crippen LogP contribution in [0, 0.1) is 27.7 Å². The molecule has 6 nitrogen and oxygen atoms in total. The van der Waals surface area contributed by atoms with Gasteiger partial charge in [-0.1, -0.05) is 151 Å². The molecule has 11 aromatic carbocycles. The number of hydrogen-bond donors (Lipinski definition) is 0. The molecular weight excluding hydrogens is 981 g/mol. The lowest BCUT2D eigenvalue weighted by molar-refractivity contribution is 0.572. The first-order chi connectivity index (χ1) is 38.6. The highest BCUT2D eigenvalue weighted by Gasteiger charge is 2.28. The van der Waals surface area contributed by atoms with E-state index >= 15 is 0 Å². The largest absolute Gasteiger partial charge is 0.456 e. The predicted molar refractivity (Wildman–Crippen MR) is 336 cm³/mol. The number of para-hydroxylation sites is 5. The summed E-state index contributed by atoms with van der Waals surface area (Å²) in [6, 6.07) is 65.9. The second kappa shape index (κ2) is 17.1. The number of nitrogens with zero attached hydrogens (tertiary/aromatic N) is 2. The Morgan fingerprint density at radius 3 is 1.44 bits per heavy atom. The van der Waals surface area contributed by atoms with Gasteiger partial charge in [-0.15, -0.1) is 0 Å². The summed E-state index contributed by atoms with van der Waals surface area (Å²) in [7, 11) is 0. The van der Waals surface area contributed by atoms with E-state index in [1.54, 1.807) is 0 Å². The van der Waals surface area contributed by atoms with Crippen molar-refractivity contribution in [2.45, 2.75) is 80.1 Å². The van der Waals surface area contributed by atoms with Crippen molar-refractivity contribution in [3.8, 4) is 0 Å². The minimum absolute atomic E-state index is 0.0847. The van der Waals surface area contributed by atoms with Crippen LogP contribution in [0.2, 0.25) is 0 Å². The van der Waals surface area contributed by atoms with E-state index in [9.17, 15) is 0 Å². The summed E-state index contributed by atoms with van der Waals surface area (Å²) in [5.41, 5.74) is 20.0. The summed E-state index contributed by atoms with van der Waals surface area (Å²) < 4.78 is 27.9. The van der Waals surface area contributed by atoms with Gasteiger partial charge in [0.05, 0.1) is 11.4 Å². The smallest absolute Gasteiger partial charge is 0.159 e. The zero-order chi connectivity index (χ0) is 54.7. The van der Waals surface area contributed by atoms with Crippen LogP contribution >= 0.6 is 0 Å². The number of benzene rings is 11. The first kappa shape index (κ1) is 47.9. The maximum Gasteiger partial charge on any atom is 0.159 e. The maximum absolute atomic E-state index is 7.06. The molecule has 0 aliphatic carbocycles. The third kappa shape index (κ3) is 7.17. The molecule has 0 bridgehead atoms. The van der Waals surface area contributed by atoms with Gasteiger partial charge >= 0.3 is 0 Å². The Morgan fingerprint density at radius 1 is 0.312 bits per heavy atom. The molecule has 0 N–H and O–H groups in total. The molecule has 0 radical (unpaired) electrons. The third-order valence-electron chi connectivity index (χ3n) is 17.0. The van der Waals surface area contributed by atoms with Gasteiger partial charge in [0, 0.05) is 82.5 Å². The van der Waals surface area contributed by atoms with Crippen molar-refractivity contribution in [2.24, 2.45) is 0 Å². The van der Waals surface area contributed by atoms with Crippen LogP contribution in [0.3, 0.4) is 0 Å². The van der Waals surface area contributed by atoms with Gasteiger partial charge in [0.15, 0.2) is 11.2 Å². The van der Waals surface area contributed by atoms with Gasteiger partial charge in [-0.25, -0.2) is 0 Å². The third-order valence-corrected chi connectivity index (χ3v) is 17.0. The number of fused-ring (bicyclic) bond motifs is 14. The van der Waals surface area contributed by atoms with Crippen LogP contribution < -0.4 is 9.80 Å². The SMILES string of the molecule is Cc1ccccc1N(c1ccc2cc3c(cc2c1)oc1c(C)c2c(cc13)oc1cc3cc(N(c4ccccc4C)c4c(C)ccc5c4oc4c(C(C)(C)C)cccc45)ccc3cc12)c1cccc2c1oc1c(C(C)(C)C)cccc12. The fourth-order valence-electron chi connectivity index (χ4n) is 12.9. The number of hydrogen-bond acceptors (Lipinski definition) is 6. The molecule has 6 heteroatoms. The predicted octanol–water partition coefficient (Wildman–Crippen LogP) is 22.4. The minimum atomic E-state index is -0.0891. The Morgan fingerprint density at radius 2 is 0.825 bits per heavy atom. The Hall–Kier alpha value is -9.26. The molecule has 0 aliphatic rings. The van der Waals surface area contributed by atoms with Crippen LogP contribution in [0.4, 0.5) is 34.1 Å². The lowest BCUT2D eigenvalue weighted by atomic mass is 9.86. The molecule has 0 saturated heterocycles. The van der Waals surface area contributed by atoms with Gasteiger partial charge in [-0.3, -0.25) is 0 Å². The summed E-state index contributed by atoms with van der Waals surface area (Å²) in [4.78, 5) is 4.73. The summed E-state index contributed by atoms with van der Waals surface area (Å²) >= 11 is 0. The van der Waals surface area contributed by atoms with Crippen LogP contribution in [0.25, 0.3) is 109 Å². The van der Waals surface area contributed by atoms with Crippen LogP contribution in [0.5, 0.6) is 0 Å². The maximum atomic E-state index is 7.06. The van der Waals surface area contributed by atoms with E-state index in [0.717, 1.165) is 160 Å². The Bertz CT molecular complexity index is 5100. The molecule has 0 aliphatic heterocycles. The van der Waals surface area contributed by atoms with Crippen molar-refractivity contribution in [2.75, 3.05) is 9.80 Å². The van der Waals surface area contributed by atoms with Crippen molar-refractivity contribution < 1.29 is 17.7 Å². The molecule has 4 heterocycles. The van der Waals surface area contributed by atoms with Gasteiger partial charge in [0.25, 0.3) is 0 Å². The highest BCUT2D eigenvalue weighted by Crippen LogP contribution is 2.50. The molecule has 390 valence electrons. The van der Waals surface area contributed by atoms with E-state index in [0.29, 0.717) is 0 Å². The summed E-state index contributed by atoms with van der Waals surface area (Å²) in [6.07, 6.45) is 0. The number of rotatable bonds is 6. The van der Waals surface area contributed by atoms with E-state index in [1.165, 1.54) is 16.7 Å². The average Bonchev–Trinajstić information content (AvgIpc) is 4.15. The van der Waals surface area contributed by atoms with Crippen LogP contribution in [0.15, 0.2) is 200 Å². The Balaban J connectivity index is 0.851. The molecule has 4 aromatic heterocycles. The van der Waals surface area contributed by atoms with Gasteiger partial charge in [-0.2, -0.15) is 0 Å². The van der Waals surface area contributed by atoms with E-state index in [1.807, 2.05) is 0 Å². The minimum Gasteiger partial charge on any atom is -0.456 e. The normalized spacial score (nSPS) is 12.6. The van der Waals surface area contributed by atoms with Crippen LogP contribution in [-0.4, -0.2) is 0 Å². The van der Waals surface area contributed by atoms with E-state index < -0.39 is 0 Å².